The summed E-state index contributed by atoms with van der Waals surface area (Å²) in [6.45, 7) is 0. The van der Waals surface area contributed by atoms with Crippen molar-refractivity contribution in [1.82, 2.24) is 0 Å². The Hall–Kier alpha value is -3.54. The van der Waals surface area contributed by atoms with Gasteiger partial charge in [-0.3, -0.25) is 0 Å². The first-order chi connectivity index (χ1) is 13.3. The van der Waals surface area contributed by atoms with Crippen LogP contribution in [0.1, 0.15) is 16.7 Å². The van der Waals surface area contributed by atoms with Gasteiger partial charge in [-0.2, -0.15) is 13.2 Å². The number of cyclic esters (lactones) is 1. The lowest BCUT2D eigenvalue weighted by Gasteiger charge is -2.07. The topological polar surface area (TPSA) is 46.5 Å². The molecule has 0 atom stereocenters. The van der Waals surface area contributed by atoms with E-state index in [0.29, 0.717) is 5.56 Å². The van der Waals surface area contributed by atoms with Crippen LogP contribution in [0.25, 0.3) is 22.4 Å². The molecule has 0 aliphatic carbocycles. The Morgan fingerprint density at radius 2 is 1.64 bits per heavy atom. The van der Waals surface area contributed by atoms with Crippen LogP contribution in [0.4, 0.5) is 13.2 Å². The van der Waals surface area contributed by atoms with Gasteiger partial charge in [0.15, 0.2) is 11.5 Å². The second-order valence-corrected chi connectivity index (χ2v) is 6.31. The van der Waals surface area contributed by atoms with E-state index >= 15 is 0 Å². The van der Waals surface area contributed by atoms with Crippen LogP contribution in [0.5, 0.6) is 0 Å². The van der Waals surface area contributed by atoms with Crippen LogP contribution in [-0.2, 0) is 15.7 Å². The SMILES string of the molecule is O=C1O/C(=C\c2cccc(C(F)(F)F)c2)C(O)=C1c1ccc2ccccc2c1. The lowest BCUT2D eigenvalue weighted by molar-refractivity contribution is -0.137. The third-order valence-electron chi connectivity index (χ3n) is 4.43. The molecule has 6 heteroatoms. The quantitative estimate of drug-likeness (QED) is 0.576. The third-order valence-corrected chi connectivity index (χ3v) is 4.43. The van der Waals surface area contributed by atoms with Crippen LogP contribution in [0.2, 0.25) is 0 Å². The zero-order chi connectivity index (χ0) is 19.9. The van der Waals surface area contributed by atoms with E-state index < -0.39 is 23.5 Å². The van der Waals surface area contributed by atoms with Crippen molar-refractivity contribution < 1.29 is 27.8 Å². The molecule has 140 valence electrons. The number of hydrogen-bond donors (Lipinski definition) is 1. The molecule has 0 amide bonds. The molecule has 4 rings (SSSR count). The second kappa shape index (κ2) is 6.56. The third kappa shape index (κ3) is 3.24. The maximum atomic E-state index is 12.9. The molecule has 0 unspecified atom stereocenters. The summed E-state index contributed by atoms with van der Waals surface area (Å²) in [7, 11) is 0. The number of benzene rings is 3. The number of hydrogen-bond acceptors (Lipinski definition) is 3. The van der Waals surface area contributed by atoms with E-state index in [4.69, 9.17) is 4.74 Å². The largest absolute Gasteiger partial charge is 0.504 e. The van der Waals surface area contributed by atoms with Crippen molar-refractivity contribution in [2.45, 2.75) is 6.18 Å². The summed E-state index contributed by atoms with van der Waals surface area (Å²) in [6, 6.07) is 17.3. The summed E-state index contributed by atoms with van der Waals surface area (Å²) in [5.74, 6) is -1.35. The van der Waals surface area contributed by atoms with Crippen LogP contribution in [0.15, 0.2) is 78.2 Å². The fourth-order valence-electron chi connectivity index (χ4n) is 3.07. The Labute approximate surface area is 158 Å². The first-order valence-corrected chi connectivity index (χ1v) is 8.37. The molecular weight excluding hydrogens is 369 g/mol. The van der Waals surface area contributed by atoms with Crippen molar-refractivity contribution in [1.29, 1.82) is 0 Å². The second-order valence-electron chi connectivity index (χ2n) is 6.31. The molecule has 3 aromatic carbocycles. The molecule has 1 heterocycles. The van der Waals surface area contributed by atoms with Crippen molar-refractivity contribution in [2.24, 2.45) is 0 Å². The lowest BCUT2D eigenvalue weighted by atomic mass is 10.0. The van der Waals surface area contributed by atoms with Gasteiger partial charge in [0, 0.05) is 0 Å². The van der Waals surface area contributed by atoms with E-state index in [1.165, 1.54) is 18.2 Å². The van der Waals surface area contributed by atoms with Crippen molar-refractivity contribution in [3.8, 4) is 0 Å². The molecule has 28 heavy (non-hydrogen) atoms. The minimum atomic E-state index is -4.49. The van der Waals surface area contributed by atoms with Gasteiger partial charge < -0.3 is 9.84 Å². The molecule has 0 fully saturated rings. The summed E-state index contributed by atoms with van der Waals surface area (Å²) < 4.78 is 43.7. The predicted molar refractivity (Wildman–Crippen MR) is 99.0 cm³/mol. The minimum absolute atomic E-state index is 0.0241. The Morgan fingerprint density at radius 1 is 0.893 bits per heavy atom. The minimum Gasteiger partial charge on any atom is -0.504 e. The number of esters is 1. The highest BCUT2D eigenvalue weighted by molar-refractivity contribution is 6.21. The van der Waals surface area contributed by atoms with Crippen LogP contribution < -0.4 is 0 Å². The number of halogens is 3. The number of carbonyl (C=O) groups is 1. The monoisotopic (exact) mass is 382 g/mol. The summed E-state index contributed by atoms with van der Waals surface area (Å²) in [5, 5.41) is 12.3. The van der Waals surface area contributed by atoms with Gasteiger partial charge >= 0.3 is 12.1 Å². The molecule has 0 spiro atoms. The van der Waals surface area contributed by atoms with Crippen molar-refractivity contribution in [3.05, 3.63) is 94.9 Å². The van der Waals surface area contributed by atoms with Gasteiger partial charge in [-0.15, -0.1) is 0 Å². The van der Waals surface area contributed by atoms with Gasteiger partial charge in [0.1, 0.15) is 5.57 Å². The van der Waals surface area contributed by atoms with Crippen LogP contribution >= 0.6 is 0 Å². The standard InChI is InChI=1S/C22H13F3O3/c23-22(24,25)17-7-3-4-13(10-17)11-18-20(26)19(21(27)28-18)16-9-8-14-5-1-2-6-15(14)12-16/h1-12,26H/b18-11-. The number of carbonyl (C=O) groups excluding carboxylic acids is 1. The van der Waals surface area contributed by atoms with E-state index in [1.807, 2.05) is 30.3 Å². The summed E-state index contributed by atoms with van der Waals surface area (Å²) >= 11 is 0. The maximum Gasteiger partial charge on any atom is 0.416 e. The molecule has 1 aliphatic rings. The first-order valence-electron chi connectivity index (χ1n) is 8.37. The van der Waals surface area contributed by atoms with E-state index in [9.17, 15) is 23.1 Å². The molecular formula is C22H13F3O3. The smallest absolute Gasteiger partial charge is 0.416 e. The summed E-state index contributed by atoms with van der Waals surface area (Å²) in [5.41, 5.74) is -0.231. The molecule has 0 aromatic heterocycles. The van der Waals surface area contributed by atoms with Crippen molar-refractivity contribution in [3.63, 3.8) is 0 Å². The number of fused-ring (bicyclic) bond motifs is 1. The molecule has 0 saturated heterocycles. The molecule has 1 N–H and O–H groups in total. The highest BCUT2D eigenvalue weighted by Crippen LogP contribution is 2.35. The van der Waals surface area contributed by atoms with Gasteiger partial charge in [-0.05, 0) is 46.2 Å². The van der Waals surface area contributed by atoms with Crippen molar-refractivity contribution >= 4 is 28.4 Å². The van der Waals surface area contributed by atoms with E-state index in [-0.39, 0.29) is 16.9 Å². The molecule has 1 aliphatic heterocycles. The molecule has 0 radical (unpaired) electrons. The number of alkyl halides is 3. The van der Waals surface area contributed by atoms with E-state index in [1.54, 1.807) is 12.1 Å². The molecule has 3 nitrogen and oxygen atoms in total. The van der Waals surface area contributed by atoms with Gasteiger partial charge in [0.2, 0.25) is 0 Å². The van der Waals surface area contributed by atoms with Crippen LogP contribution in [0.3, 0.4) is 0 Å². The number of rotatable bonds is 2. The van der Waals surface area contributed by atoms with Gasteiger partial charge in [0.05, 0.1) is 5.56 Å². The van der Waals surface area contributed by atoms with Crippen LogP contribution in [0, 0.1) is 0 Å². The van der Waals surface area contributed by atoms with Crippen molar-refractivity contribution in [2.75, 3.05) is 0 Å². The Kier molecular flexibility index (Phi) is 4.19. The maximum absolute atomic E-state index is 12.9. The molecule has 3 aromatic rings. The molecule has 0 bridgehead atoms. The Balaban J connectivity index is 1.75. The zero-order valence-corrected chi connectivity index (χ0v) is 14.3. The van der Waals surface area contributed by atoms with Gasteiger partial charge in [-0.1, -0.05) is 48.5 Å². The molecule has 0 saturated carbocycles. The fraction of sp³-hybridized carbons (Fsp3) is 0.0455. The van der Waals surface area contributed by atoms with E-state index in [0.717, 1.165) is 22.9 Å². The number of aliphatic hydroxyl groups excluding tert-OH is 1. The highest BCUT2D eigenvalue weighted by atomic mass is 19.4. The average Bonchev–Trinajstić information content (AvgIpc) is 2.94. The Morgan fingerprint density at radius 3 is 2.39 bits per heavy atom. The summed E-state index contributed by atoms with van der Waals surface area (Å²) in [4.78, 5) is 12.3. The fourth-order valence-corrected chi connectivity index (χ4v) is 3.07. The van der Waals surface area contributed by atoms with Gasteiger partial charge in [0.25, 0.3) is 0 Å². The number of aliphatic hydroxyl groups is 1. The number of ether oxygens (including phenoxy) is 1. The Bertz CT molecular complexity index is 1160. The predicted octanol–water partition coefficient (Wildman–Crippen LogP) is 5.73. The first kappa shape index (κ1) is 17.9. The highest BCUT2D eigenvalue weighted by Gasteiger charge is 2.32. The van der Waals surface area contributed by atoms with Gasteiger partial charge in [-0.25, -0.2) is 4.79 Å². The normalized spacial score (nSPS) is 16.1. The van der Waals surface area contributed by atoms with E-state index in [2.05, 4.69) is 0 Å². The van der Waals surface area contributed by atoms with Crippen LogP contribution in [-0.4, -0.2) is 11.1 Å². The zero-order valence-electron chi connectivity index (χ0n) is 14.3. The average molecular weight is 382 g/mol. The lowest BCUT2D eigenvalue weighted by Crippen LogP contribution is -2.04. The summed E-state index contributed by atoms with van der Waals surface area (Å²) in [6.07, 6.45) is -3.29.